The Hall–Kier alpha value is -2.77. The zero-order chi connectivity index (χ0) is 20.6. The Balaban J connectivity index is 1.69. The number of amidine groups is 1. The summed E-state index contributed by atoms with van der Waals surface area (Å²) in [7, 11) is 0. The fourth-order valence-electron chi connectivity index (χ4n) is 2.94. The average molecular weight is 433 g/mol. The molecule has 0 unspecified atom stereocenters. The summed E-state index contributed by atoms with van der Waals surface area (Å²) in [5.74, 6) is -0.413. The molecule has 0 bridgehead atoms. The van der Waals surface area contributed by atoms with E-state index in [-0.39, 0.29) is 15.9 Å². The molecule has 4 rings (SSSR count). The zero-order valence-corrected chi connectivity index (χ0v) is 16.2. The van der Waals surface area contributed by atoms with E-state index in [9.17, 15) is 18.0 Å². The Morgan fingerprint density at radius 1 is 1.03 bits per heavy atom. The van der Waals surface area contributed by atoms with Crippen molar-refractivity contribution in [2.24, 2.45) is 4.99 Å². The second kappa shape index (κ2) is 7.57. The first kappa shape index (κ1) is 19.5. The number of amides is 1. The van der Waals surface area contributed by atoms with Crippen molar-refractivity contribution < 1.29 is 18.0 Å². The second-order valence-electron chi connectivity index (χ2n) is 6.21. The molecule has 3 aromatic carbocycles. The van der Waals surface area contributed by atoms with E-state index in [4.69, 9.17) is 11.6 Å². The highest BCUT2D eigenvalue weighted by atomic mass is 35.5. The summed E-state index contributed by atoms with van der Waals surface area (Å²) in [6.07, 6.45) is -2.91. The van der Waals surface area contributed by atoms with Crippen molar-refractivity contribution in [1.82, 2.24) is 5.32 Å². The number of hydrogen-bond acceptors (Lipinski definition) is 3. The molecule has 0 spiro atoms. The number of fused-ring (bicyclic) bond motifs is 1. The zero-order valence-electron chi connectivity index (χ0n) is 14.6. The van der Waals surface area contributed by atoms with Crippen LogP contribution in [-0.4, -0.2) is 11.1 Å². The van der Waals surface area contributed by atoms with E-state index in [1.165, 1.54) is 12.1 Å². The summed E-state index contributed by atoms with van der Waals surface area (Å²) in [5.41, 5.74) is -0.431. The maximum Gasteiger partial charge on any atom is 0.418 e. The Morgan fingerprint density at radius 3 is 2.59 bits per heavy atom. The first-order chi connectivity index (χ1) is 13.8. The lowest BCUT2D eigenvalue weighted by Crippen LogP contribution is -2.19. The molecule has 1 aliphatic rings. The fraction of sp³-hybridized carbons (Fsp3) is 0.0476. The predicted molar refractivity (Wildman–Crippen MR) is 111 cm³/mol. The van der Waals surface area contributed by atoms with Crippen molar-refractivity contribution in [2.75, 3.05) is 0 Å². The highest BCUT2D eigenvalue weighted by Crippen LogP contribution is 2.39. The number of carbonyl (C=O) groups is 1. The van der Waals surface area contributed by atoms with Gasteiger partial charge in [-0.15, -0.1) is 0 Å². The molecule has 0 aromatic heterocycles. The molecule has 29 heavy (non-hydrogen) atoms. The lowest BCUT2D eigenvalue weighted by molar-refractivity contribution is -0.137. The summed E-state index contributed by atoms with van der Waals surface area (Å²) in [4.78, 5) is 16.7. The Morgan fingerprint density at radius 2 is 1.79 bits per heavy atom. The number of alkyl halides is 3. The molecule has 3 aromatic rings. The van der Waals surface area contributed by atoms with Gasteiger partial charge in [0.25, 0.3) is 5.91 Å². The number of rotatable bonds is 2. The van der Waals surface area contributed by atoms with E-state index in [1.54, 1.807) is 6.08 Å². The number of hydrogen-bond donors (Lipinski definition) is 1. The molecule has 1 amide bonds. The van der Waals surface area contributed by atoms with Gasteiger partial charge in [-0.3, -0.25) is 4.79 Å². The van der Waals surface area contributed by atoms with Crippen molar-refractivity contribution in [1.29, 1.82) is 0 Å². The highest BCUT2D eigenvalue weighted by Gasteiger charge is 2.34. The molecule has 1 saturated heterocycles. The summed E-state index contributed by atoms with van der Waals surface area (Å²) in [6, 6.07) is 16.8. The number of carbonyl (C=O) groups excluding carboxylic acids is 1. The predicted octanol–water partition coefficient (Wildman–Crippen LogP) is 6.40. The molecule has 1 aliphatic heterocycles. The van der Waals surface area contributed by atoms with Crippen LogP contribution in [0.2, 0.25) is 5.02 Å². The van der Waals surface area contributed by atoms with Crippen LogP contribution in [0, 0.1) is 0 Å². The third-order valence-corrected chi connectivity index (χ3v) is 5.39. The quantitative estimate of drug-likeness (QED) is 0.476. The van der Waals surface area contributed by atoms with Gasteiger partial charge in [-0.05, 0) is 52.4 Å². The number of nitrogens with zero attached hydrogens (tertiary/aromatic N) is 1. The molecule has 1 heterocycles. The first-order valence-electron chi connectivity index (χ1n) is 8.45. The number of aliphatic imine (C=N–C) groups is 1. The summed E-state index contributed by atoms with van der Waals surface area (Å²) in [6.45, 7) is 0. The van der Waals surface area contributed by atoms with E-state index < -0.39 is 17.6 Å². The second-order valence-corrected chi connectivity index (χ2v) is 7.68. The van der Waals surface area contributed by atoms with Gasteiger partial charge in [-0.2, -0.15) is 13.2 Å². The number of nitrogens with one attached hydrogen (secondary N) is 1. The van der Waals surface area contributed by atoms with E-state index in [1.807, 2.05) is 42.5 Å². The van der Waals surface area contributed by atoms with Gasteiger partial charge in [-0.1, -0.05) is 54.1 Å². The van der Waals surface area contributed by atoms with E-state index in [0.29, 0.717) is 4.91 Å². The minimum atomic E-state index is -4.61. The van der Waals surface area contributed by atoms with Crippen molar-refractivity contribution in [3.63, 3.8) is 0 Å². The average Bonchev–Trinajstić information content (AvgIpc) is 3.01. The van der Waals surface area contributed by atoms with Gasteiger partial charge < -0.3 is 5.32 Å². The van der Waals surface area contributed by atoms with Crippen LogP contribution in [0.4, 0.5) is 18.9 Å². The van der Waals surface area contributed by atoms with Gasteiger partial charge in [0.15, 0.2) is 5.17 Å². The summed E-state index contributed by atoms with van der Waals surface area (Å²) >= 11 is 6.68. The normalized spacial score (nSPS) is 17.3. The third-order valence-electron chi connectivity index (χ3n) is 4.25. The summed E-state index contributed by atoms with van der Waals surface area (Å²) in [5, 5.41) is 4.55. The SMILES string of the molecule is O=C1NC(=Nc2ccc(Cl)cc2C(F)(F)F)S/C1=C/c1cccc2ccccc12. The number of thioether (sulfide) groups is 1. The van der Waals surface area contributed by atoms with Crippen LogP contribution < -0.4 is 5.32 Å². The molecular weight excluding hydrogens is 421 g/mol. The van der Waals surface area contributed by atoms with Crippen LogP contribution in [0.15, 0.2) is 70.6 Å². The van der Waals surface area contributed by atoms with Crippen LogP contribution in [0.5, 0.6) is 0 Å². The van der Waals surface area contributed by atoms with E-state index >= 15 is 0 Å². The van der Waals surface area contributed by atoms with Crippen LogP contribution in [0.1, 0.15) is 11.1 Å². The maximum atomic E-state index is 13.3. The van der Waals surface area contributed by atoms with Gasteiger partial charge in [0.1, 0.15) is 0 Å². The Labute approximate surface area is 173 Å². The smallest absolute Gasteiger partial charge is 0.300 e. The van der Waals surface area contributed by atoms with Gasteiger partial charge in [0.05, 0.1) is 16.2 Å². The molecule has 0 aliphatic carbocycles. The fourth-order valence-corrected chi connectivity index (χ4v) is 3.94. The molecular formula is C21H12ClF3N2OS. The largest absolute Gasteiger partial charge is 0.418 e. The van der Waals surface area contributed by atoms with Crippen molar-refractivity contribution in [2.45, 2.75) is 6.18 Å². The first-order valence-corrected chi connectivity index (χ1v) is 9.65. The van der Waals surface area contributed by atoms with Gasteiger partial charge in [0.2, 0.25) is 0 Å². The molecule has 0 saturated carbocycles. The van der Waals surface area contributed by atoms with E-state index in [2.05, 4.69) is 10.3 Å². The Bertz CT molecular complexity index is 1180. The lowest BCUT2D eigenvalue weighted by Gasteiger charge is -2.10. The van der Waals surface area contributed by atoms with E-state index in [0.717, 1.165) is 34.2 Å². The molecule has 0 radical (unpaired) electrons. The molecule has 1 N–H and O–H groups in total. The standard InChI is InChI=1S/C21H12ClF3N2OS/c22-14-8-9-17(16(11-14)21(23,24)25)26-20-27-19(28)18(29-20)10-13-6-3-5-12-4-1-2-7-15(12)13/h1-11H,(H,26,27,28)/b18-10+. The van der Waals surface area contributed by atoms with Crippen LogP contribution in [-0.2, 0) is 11.0 Å². The molecule has 3 nitrogen and oxygen atoms in total. The summed E-state index contributed by atoms with van der Waals surface area (Å²) < 4.78 is 39.8. The number of halogens is 4. The number of benzene rings is 3. The third kappa shape index (κ3) is 4.16. The van der Waals surface area contributed by atoms with Crippen molar-refractivity contribution in [3.8, 4) is 0 Å². The van der Waals surface area contributed by atoms with Crippen LogP contribution >= 0.6 is 23.4 Å². The van der Waals surface area contributed by atoms with Crippen LogP contribution in [0.3, 0.4) is 0 Å². The van der Waals surface area contributed by atoms with Gasteiger partial charge in [0, 0.05) is 5.02 Å². The minimum absolute atomic E-state index is 0.0408. The van der Waals surface area contributed by atoms with Crippen LogP contribution in [0.25, 0.3) is 16.8 Å². The van der Waals surface area contributed by atoms with Gasteiger partial charge in [-0.25, -0.2) is 4.99 Å². The molecule has 146 valence electrons. The maximum absolute atomic E-state index is 13.3. The minimum Gasteiger partial charge on any atom is -0.300 e. The topological polar surface area (TPSA) is 41.5 Å². The van der Waals surface area contributed by atoms with Crippen molar-refractivity contribution in [3.05, 3.63) is 81.7 Å². The monoisotopic (exact) mass is 432 g/mol. The Kier molecular flexibility index (Phi) is 5.10. The highest BCUT2D eigenvalue weighted by molar-refractivity contribution is 8.18. The molecule has 8 heteroatoms. The molecule has 1 fully saturated rings. The molecule has 0 atom stereocenters. The lowest BCUT2D eigenvalue weighted by atomic mass is 10.0. The van der Waals surface area contributed by atoms with Gasteiger partial charge >= 0.3 is 6.18 Å². The van der Waals surface area contributed by atoms with Crippen molar-refractivity contribution >= 4 is 57.0 Å².